The van der Waals surface area contributed by atoms with Gasteiger partial charge in [0.15, 0.2) is 0 Å². The third-order valence-electron chi connectivity index (χ3n) is 4.06. The lowest BCUT2D eigenvalue weighted by molar-refractivity contribution is -0.153. The average Bonchev–Trinajstić information content (AvgIpc) is 2.60. The highest BCUT2D eigenvalue weighted by molar-refractivity contribution is 6.68. The summed E-state index contributed by atoms with van der Waals surface area (Å²) in [5.74, 6) is -4.13. The zero-order valence-electron chi connectivity index (χ0n) is 15.3. The second kappa shape index (κ2) is 10.7. The maximum atomic E-state index is 11.6. The molecule has 0 heterocycles. The minimum atomic E-state index is -3.20. The van der Waals surface area contributed by atoms with E-state index in [1.165, 1.54) is 0 Å². The largest absolute Gasteiger partial charge is 0.532 e. The molecule has 0 spiro atoms. The summed E-state index contributed by atoms with van der Waals surface area (Å²) < 4.78 is 18.1. The zero-order chi connectivity index (χ0) is 18.9. The molecular formula is C17H30O7Si. The average molecular weight is 375 g/mol. The van der Waals surface area contributed by atoms with Crippen molar-refractivity contribution in [2.45, 2.75) is 52.9 Å². The fourth-order valence-electron chi connectivity index (χ4n) is 2.79. The van der Waals surface area contributed by atoms with Gasteiger partial charge in [0.1, 0.15) is 0 Å². The first-order valence-corrected chi connectivity index (χ1v) is 10.7. The van der Waals surface area contributed by atoms with Gasteiger partial charge in [0.25, 0.3) is 0 Å². The fraction of sp³-hybridized carbons (Fsp3) is 0.765. The van der Waals surface area contributed by atoms with Crippen molar-refractivity contribution in [1.82, 2.24) is 0 Å². The summed E-state index contributed by atoms with van der Waals surface area (Å²) in [6.45, 7) is 7.31. The highest BCUT2D eigenvalue weighted by atomic mass is 28.4. The molecule has 8 heteroatoms. The Labute approximate surface area is 150 Å². The number of aliphatic carboxylic acids is 2. The van der Waals surface area contributed by atoms with Crippen LogP contribution in [0.2, 0.25) is 0 Å². The lowest BCUT2D eigenvalue weighted by Crippen LogP contribution is -2.51. The van der Waals surface area contributed by atoms with E-state index in [1.807, 2.05) is 20.8 Å². The molecule has 2 atom stereocenters. The molecule has 2 N–H and O–H groups in total. The van der Waals surface area contributed by atoms with Crippen molar-refractivity contribution in [1.29, 1.82) is 0 Å². The molecule has 0 aliphatic heterocycles. The van der Waals surface area contributed by atoms with Crippen LogP contribution in [0.1, 0.15) is 52.9 Å². The van der Waals surface area contributed by atoms with E-state index in [0.29, 0.717) is 25.0 Å². The van der Waals surface area contributed by atoms with E-state index in [2.05, 4.69) is 0 Å². The number of carboxylic acid groups (broad SMARTS) is 2. The summed E-state index contributed by atoms with van der Waals surface area (Å²) in [7, 11) is -3.20. The first-order valence-electron chi connectivity index (χ1n) is 8.98. The summed E-state index contributed by atoms with van der Waals surface area (Å²) >= 11 is 0. The highest BCUT2D eigenvalue weighted by Gasteiger charge is 2.50. The predicted octanol–water partition coefficient (Wildman–Crippen LogP) is 2.87. The maximum Gasteiger partial charge on any atom is 0.532 e. The van der Waals surface area contributed by atoms with Crippen LogP contribution in [0.4, 0.5) is 0 Å². The Bertz CT molecular complexity index is 456. The fourth-order valence-corrected chi connectivity index (χ4v) is 5.85. The normalized spacial score (nSPS) is 21.0. The molecular weight excluding hydrogens is 344 g/mol. The molecule has 0 saturated heterocycles. The molecule has 0 bridgehead atoms. The molecule has 2 unspecified atom stereocenters. The van der Waals surface area contributed by atoms with Gasteiger partial charge in [-0.05, 0) is 37.3 Å². The molecule has 0 aromatic rings. The SMILES string of the molecule is CCCO[Si](OCCC)(OCCC)C1=CCC(C(=O)O)C(C(=O)O)C1. The number of rotatable bonds is 12. The predicted molar refractivity (Wildman–Crippen MR) is 94.1 cm³/mol. The van der Waals surface area contributed by atoms with Crippen molar-refractivity contribution in [2.24, 2.45) is 11.8 Å². The van der Waals surface area contributed by atoms with Crippen LogP contribution in [0.3, 0.4) is 0 Å². The number of carboxylic acids is 2. The lowest BCUT2D eigenvalue weighted by Gasteiger charge is -2.35. The van der Waals surface area contributed by atoms with E-state index >= 15 is 0 Å². The van der Waals surface area contributed by atoms with Gasteiger partial charge in [-0.3, -0.25) is 9.59 Å². The minimum absolute atomic E-state index is 0.0929. The first-order chi connectivity index (χ1) is 11.9. The first kappa shape index (κ1) is 21.8. The number of hydrogen-bond donors (Lipinski definition) is 2. The van der Waals surface area contributed by atoms with Crippen LogP contribution >= 0.6 is 0 Å². The summed E-state index contributed by atoms with van der Waals surface area (Å²) in [4.78, 5) is 23.0. The van der Waals surface area contributed by atoms with Crippen molar-refractivity contribution in [2.75, 3.05) is 19.8 Å². The second-order valence-corrected chi connectivity index (χ2v) is 8.78. The van der Waals surface area contributed by atoms with E-state index in [-0.39, 0.29) is 12.8 Å². The molecule has 0 amide bonds. The van der Waals surface area contributed by atoms with Crippen LogP contribution in [-0.4, -0.2) is 50.8 Å². The van der Waals surface area contributed by atoms with Crippen LogP contribution in [-0.2, 0) is 22.9 Å². The van der Waals surface area contributed by atoms with Gasteiger partial charge in [-0.2, -0.15) is 0 Å². The van der Waals surface area contributed by atoms with Gasteiger partial charge in [-0.1, -0.05) is 26.8 Å². The van der Waals surface area contributed by atoms with E-state index in [1.54, 1.807) is 6.08 Å². The topological polar surface area (TPSA) is 102 Å². The van der Waals surface area contributed by atoms with Crippen LogP contribution in [0.5, 0.6) is 0 Å². The van der Waals surface area contributed by atoms with Crippen molar-refractivity contribution < 1.29 is 33.1 Å². The van der Waals surface area contributed by atoms with Crippen LogP contribution in [0, 0.1) is 11.8 Å². The van der Waals surface area contributed by atoms with Crippen molar-refractivity contribution >= 4 is 20.7 Å². The van der Waals surface area contributed by atoms with Crippen molar-refractivity contribution in [3.63, 3.8) is 0 Å². The Morgan fingerprint density at radius 2 is 1.40 bits per heavy atom. The molecule has 25 heavy (non-hydrogen) atoms. The Balaban J connectivity index is 3.16. The van der Waals surface area contributed by atoms with E-state index < -0.39 is 32.6 Å². The second-order valence-electron chi connectivity index (χ2n) is 6.16. The lowest BCUT2D eigenvalue weighted by atomic mass is 9.83. The molecule has 0 aromatic carbocycles. The quantitative estimate of drug-likeness (QED) is 0.506. The summed E-state index contributed by atoms with van der Waals surface area (Å²) in [5.41, 5.74) is 0. The Morgan fingerprint density at radius 3 is 1.76 bits per heavy atom. The molecule has 1 aliphatic carbocycles. The minimum Gasteiger partial charge on any atom is -0.481 e. The van der Waals surface area contributed by atoms with Crippen molar-refractivity contribution in [3.05, 3.63) is 11.3 Å². The van der Waals surface area contributed by atoms with E-state index in [0.717, 1.165) is 19.3 Å². The monoisotopic (exact) mass is 374 g/mol. The number of allylic oxidation sites excluding steroid dienone is 2. The van der Waals surface area contributed by atoms with Gasteiger partial charge in [-0.25, -0.2) is 0 Å². The van der Waals surface area contributed by atoms with Gasteiger partial charge in [0.05, 0.1) is 11.8 Å². The van der Waals surface area contributed by atoms with Gasteiger partial charge in [-0.15, -0.1) is 0 Å². The third-order valence-corrected chi connectivity index (χ3v) is 7.01. The molecule has 0 aromatic heterocycles. The van der Waals surface area contributed by atoms with Gasteiger partial charge < -0.3 is 23.5 Å². The molecule has 1 rings (SSSR count). The van der Waals surface area contributed by atoms with Crippen LogP contribution in [0.25, 0.3) is 0 Å². The molecule has 1 aliphatic rings. The Kier molecular flexibility index (Phi) is 9.34. The zero-order valence-corrected chi connectivity index (χ0v) is 16.3. The summed E-state index contributed by atoms with van der Waals surface area (Å²) in [6, 6.07) is 0. The molecule has 144 valence electrons. The summed E-state index contributed by atoms with van der Waals surface area (Å²) in [5, 5.41) is 19.5. The molecule has 0 radical (unpaired) electrons. The molecule has 0 saturated carbocycles. The Morgan fingerprint density at radius 1 is 0.960 bits per heavy atom. The van der Waals surface area contributed by atoms with Gasteiger partial charge in [0.2, 0.25) is 0 Å². The van der Waals surface area contributed by atoms with Crippen LogP contribution < -0.4 is 0 Å². The van der Waals surface area contributed by atoms with Gasteiger partial charge in [0, 0.05) is 19.8 Å². The van der Waals surface area contributed by atoms with E-state index in [9.17, 15) is 19.8 Å². The number of hydrogen-bond acceptors (Lipinski definition) is 5. The highest BCUT2D eigenvalue weighted by Crippen LogP contribution is 2.36. The van der Waals surface area contributed by atoms with Crippen molar-refractivity contribution in [3.8, 4) is 0 Å². The summed E-state index contributed by atoms with van der Waals surface area (Å²) in [6.07, 6.45) is 4.37. The van der Waals surface area contributed by atoms with E-state index in [4.69, 9.17) is 13.3 Å². The molecule has 7 nitrogen and oxygen atoms in total. The smallest absolute Gasteiger partial charge is 0.481 e. The van der Waals surface area contributed by atoms with Gasteiger partial charge >= 0.3 is 20.7 Å². The maximum absolute atomic E-state index is 11.6. The number of carbonyl (C=O) groups is 2. The van der Waals surface area contributed by atoms with Crippen LogP contribution in [0.15, 0.2) is 11.3 Å². The standard InChI is InChI=1S/C17H30O7Si/c1-4-9-22-25(23-10-5-2,24-11-6-3)13-7-8-14(16(18)19)15(12-13)17(20)21/h7,14-15H,4-6,8-12H2,1-3H3,(H,18,19)(H,20,21). The third kappa shape index (κ3) is 5.91. The Hall–Kier alpha value is -1.22. The molecule has 0 fully saturated rings.